The summed E-state index contributed by atoms with van der Waals surface area (Å²) in [4.78, 5) is 25.5. The molecule has 2 amide bonds. The summed E-state index contributed by atoms with van der Waals surface area (Å²) < 4.78 is 1.89. The summed E-state index contributed by atoms with van der Waals surface area (Å²) in [5, 5.41) is 16.6. The maximum absolute atomic E-state index is 13.0. The summed E-state index contributed by atoms with van der Waals surface area (Å²) in [5.41, 5.74) is 0.834. The van der Waals surface area contributed by atoms with Gasteiger partial charge in [0.1, 0.15) is 0 Å². The van der Waals surface area contributed by atoms with Crippen LogP contribution in [0.5, 0.6) is 0 Å². The molecular formula is C24H25Cl4N5O2S. The van der Waals surface area contributed by atoms with E-state index in [1.165, 1.54) is 17.8 Å². The van der Waals surface area contributed by atoms with Crippen LogP contribution in [0.4, 0.5) is 5.69 Å². The van der Waals surface area contributed by atoms with Crippen LogP contribution in [0.3, 0.4) is 0 Å². The molecule has 0 unspecified atom stereocenters. The number of benzene rings is 2. The highest BCUT2D eigenvalue weighted by Crippen LogP contribution is 2.27. The van der Waals surface area contributed by atoms with Crippen LogP contribution >= 0.6 is 58.2 Å². The SMILES string of the molecule is CCn1c(SCC(=O)Nc2cc(Cl)cc(Cl)c2)nnc1[C@@H](CC(C)C)NC(=O)c1ccc(Cl)cc1Cl. The van der Waals surface area contributed by atoms with E-state index in [4.69, 9.17) is 46.4 Å². The molecule has 0 bridgehead atoms. The molecule has 36 heavy (non-hydrogen) atoms. The summed E-state index contributed by atoms with van der Waals surface area (Å²) in [6, 6.07) is 9.15. The summed E-state index contributed by atoms with van der Waals surface area (Å²) in [5.74, 6) is 0.402. The van der Waals surface area contributed by atoms with Gasteiger partial charge in [0.2, 0.25) is 5.91 Å². The number of rotatable bonds is 10. The lowest BCUT2D eigenvalue weighted by atomic mass is 10.0. The normalized spacial score (nSPS) is 12.0. The van der Waals surface area contributed by atoms with Crippen molar-refractivity contribution in [2.45, 2.75) is 44.9 Å². The van der Waals surface area contributed by atoms with Crippen LogP contribution in [0.2, 0.25) is 20.1 Å². The Morgan fingerprint density at radius 1 is 1.00 bits per heavy atom. The van der Waals surface area contributed by atoms with Gasteiger partial charge >= 0.3 is 0 Å². The fourth-order valence-electron chi connectivity index (χ4n) is 3.52. The first-order valence-electron chi connectivity index (χ1n) is 11.1. The molecule has 3 rings (SSSR count). The summed E-state index contributed by atoms with van der Waals surface area (Å²) in [7, 11) is 0. The van der Waals surface area contributed by atoms with Gasteiger partial charge < -0.3 is 15.2 Å². The first-order valence-corrected chi connectivity index (χ1v) is 13.6. The molecule has 12 heteroatoms. The topological polar surface area (TPSA) is 88.9 Å². The van der Waals surface area contributed by atoms with E-state index in [-0.39, 0.29) is 28.5 Å². The van der Waals surface area contributed by atoms with E-state index in [1.807, 2.05) is 11.5 Å². The molecule has 0 aliphatic carbocycles. The molecule has 2 N–H and O–H groups in total. The van der Waals surface area contributed by atoms with Crippen LogP contribution in [-0.2, 0) is 11.3 Å². The highest BCUT2D eigenvalue weighted by atomic mass is 35.5. The maximum Gasteiger partial charge on any atom is 0.253 e. The molecule has 0 saturated heterocycles. The second-order valence-electron chi connectivity index (χ2n) is 8.36. The van der Waals surface area contributed by atoms with Crippen molar-refractivity contribution < 1.29 is 9.59 Å². The van der Waals surface area contributed by atoms with E-state index >= 15 is 0 Å². The molecule has 3 aromatic rings. The van der Waals surface area contributed by atoms with Gasteiger partial charge in [-0.15, -0.1) is 10.2 Å². The molecule has 0 fully saturated rings. The summed E-state index contributed by atoms with van der Waals surface area (Å²) >= 11 is 25.4. The third-order valence-electron chi connectivity index (χ3n) is 5.04. The second-order valence-corrected chi connectivity index (χ2v) is 11.0. The van der Waals surface area contributed by atoms with Gasteiger partial charge in [0.05, 0.1) is 22.4 Å². The van der Waals surface area contributed by atoms with Crippen LogP contribution in [-0.4, -0.2) is 32.3 Å². The van der Waals surface area contributed by atoms with Crippen LogP contribution in [0, 0.1) is 5.92 Å². The average Bonchev–Trinajstić information content (AvgIpc) is 3.19. The van der Waals surface area contributed by atoms with E-state index in [1.54, 1.807) is 30.3 Å². The number of carbonyl (C=O) groups is 2. The fraction of sp³-hybridized carbons (Fsp3) is 0.333. The number of hydrogen-bond acceptors (Lipinski definition) is 5. The minimum atomic E-state index is -0.409. The lowest BCUT2D eigenvalue weighted by molar-refractivity contribution is -0.113. The molecule has 192 valence electrons. The molecular weight excluding hydrogens is 564 g/mol. The van der Waals surface area contributed by atoms with Crippen molar-refractivity contribution in [1.29, 1.82) is 0 Å². The zero-order valence-electron chi connectivity index (χ0n) is 19.8. The third-order valence-corrected chi connectivity index (χ3v) is 6.99. The Morgan fingerprint density at radius 3 is 2.31 bits per heavy atom. The van der Waals surface area contributed by atoms with Crippen molar-refractivity contribution in [2.75, 3.05) is 11.1 Å². The van der Waals surface area contributed by atoms with Gasteiger partial charge in [-0.1, -0.05) is 72.0 Å². The lowest BCUT2D eigenvalue weighted by Gasteiger charge is -2.21. The molecule has 0 radical (unpaired) electrons. The molecule has 1 aromatic heterocycles. The number of hydrogen-bond donors (Lipinski definition) is 2. The largest absolute Gasteiger partial charge is 0.342 e. The second kappa shape index (κ2) is 13.0. The molecule has 1 atom stereocenters. The predicted molar refractivity (Wildman–Crippen MR) is 148 cm³/mol. The van der Waals surface area contributed by atoms with Gasteiger partial charge in [0.25, 0.3) is 5.91 Å². The molecule has 0 aliphatic rings. The van der Waals surface area contributed by atoms with Gasteiger partial charge in [0, 0.05) is 27.3 Å². The van der Waals surface area contributed by atoms with Crippen molar-refractivity contribution in [2.24, 2.45) is 5.92 Å². The number of aromatic nitrogens is 3. The van der Waals surface area contributed by atoms with Gasteiger partial charge in [-0.2, -0.15) is 0 Å². The maximum atomic E-state index is 13.0. The van der Waals surface area contributed by atoms with E-state index in [2.05, 4.69) is 34.7 Å². The molecule has 0 saturated carbocycles. The standard InChI is InChI=1S/C24H25Cl4N5O2S/c1-4-33-22(20(7-13(2)3)30-23(35)18-6-5-14(25)11-19(18)28)31-32-24(33)36-12-21(34)29-17-9-15(26)8-16(27)10-17/h5-6,8-11,13,20H,4,7,12H2,1-3H3,(H,29,34)(H,30,35)/t20-/m1/s1. The molecule has 0 aliphatic heterocycles. The van der Waals surface area contributed by atoms with Gasteiger partial charge in [0.15, 0.2) is 11.0 Å². The van der Waals surface area contributed by atoms with Crippen LogP contribution in [0.15, 0.2) is 41.6 Å². The number of nitrogens with one attached hydrogen (secondary N) is 2. The highest BCUT2D eigenvalue weighted by molar-refractivity contribution is 7.99. The first-order chi connectivity index (χ1) is 17.1. The summed E-state index contributed by atoms with van der Waals surface area (Å²) in [6.45, 7) is 6.63. The minimum absolute atomic E-state index is 0.101. The Kier molecular flexibility index (Phi) is 10.3. The van der Waals surface area contributed by atoms with E-state index in [0.29, 0.717) is 50.3 Å². The van der Waals surface area contributed by atoms with Crippen molar-refractivity contribution in [3.8, 4) is 0 Å². The molecule has 0 spiro atoms. The van der Waals surface area contributed by atoms with E-state index < -0.39 is 6.04 Å². The van der Waals surface area contributed by atoms with Crippen LogP contribution in [0.1, 0.15) is 49.4 Å². The fourth-order valence-corrected chi connectivity index (χ4v) is 5.35. The zero-order valence-corrected chi connectivity index (χ0v) is 23.7. The van der Waals surface area contributed by atoms with Gasteiger partial charge in [-0.3, -0.25) is 9.59 Å². The number of carbonyl (C=O) groups excluding carboxylic acids is 2. The first kappa shape index (κ1) is 28.6. The Labute approximate surface area is 234 Å². The van der Waals surface area contributed by atoms with Crippen molar-refractivity contribution >= 4 is 75.7 Å². The van der Waals surface area contributed by atoms with E-state index in [9.17, 15) is 9.59 Å². The van der Waals surface area contributed by atoms with Crippen molar-refractivity contribution in [1.82, 2.24) is 20.1 Å². The van der Waals surface area contributed by atoms with Crippen molar-refractivity contribution in [3.05, 3.63) is 67.9 Å². The monoisotopic (exact) mass is 587 g/mol. The number of nitrogens with zero attached hydrogens (tertiary/aromatic N) is 3. The van der Waals surface area contributed by atoms with Gasteiger partial charge in [-0.25, -0.2) is 0 Å². The smallest absolute Gasteiger partial charge is 0.253 e. The van der Waals surface area contributed by atoms with Crippen LogP contribution < -0.4 is 10.6 Å². The Balaban J connectivity index is 1.75. The zero-order chi connectivity index (χ0) is 26.4. The Hall–Kier alpha value is -1.97. The van der Waals surface area contributed by atoms with Crippen molar-refractivity contribution in [3.63, 3.8) is 0 Å². The number of halogens is 4. The summed E-state index contributed by atoms with van der Waals surface area (Å²) in [6.07, 6.45) is 0.635. The Morgan fingerprint density at radius 2 is 1.69 bits per heavy atom. The molecule has 2 aromatic carbocycles. The number of thioether (sulfide) groups is 1. The number of anilines is 1. The minimum Gasteiger partial charge on any atom is -0.342 e. The van der Waals surface area contributed by atoms with Crippen LogP contribution in [0.25, 0.3) is 0 Å². The highest BCUT2D eigenvalue weighted by Gasteiger charge is 2.25. The van der Waals surface area contributed by atoms with Gasteiger partial charge in [-0.05, 0) is 55.7 Å². The predicted octanol–water partition coefficient (Wildman–Crippen LogP) is 7.16. The molecule has 7 nitrogen and oxygen atoms in total. The number of amides is 2. The molecule has 1 heterocycles. The third kappa shape index (κ3) is 7.76. The quantitative estimate of drug-likeness (QED) is 0.245. The lowest BCUT2D eigenvalue weighted by Crippen LogP contribution is -2.31. The van der Waals surface area contributed by atoms with E-state index in [0.717, 1.165) is 0 Å². The Bertz CT molecular complexity index is 1230. The average molecular weight is 589 g/mol.